The van der Waals surface area contributed by atoms with Gasteiger partial charge in [-0.2, -0.15) is 10.1 Å². The van der Waals surface area contributed by atoms with Gasteiger partial charge < -0.3 is 10.1 Å². The molecule has 6 heteroatoms. The van der Waals surface area contributed by atoms with Crippen LogP contribution in [-0.2, 0) is 11.3 Å². The molecule has 1 amide bonds. The number of anilines is 1. The molecule has 0 bridgehead atoms. The number of hydrogen-bond acceptors (Lipinski definition) is 4. The third-order valence-corrected chi connectivity index (χ3v) is 5.54. The molecule has 164 valence electrons. The van der Waals surface area contributed by atoms with Gasteiger partial charge in [0.1, 0.15) is 0 Å². The predicted octanol–water partition coefficient (Wildman–Crippen LogP) is 5.45. The predicted molar refractivity (Wildman–Crippen MR) is 128 cm³/mol. The van der Waals surface area contributed by atoms with Crippen LogP contribution in [0.1, 0.15) is 30.7 Å². The van der Waals surface area contributed by atoms with E-state index in [4.69, 9.17) is 9.72 Å². The molecule has 2 heterocycles. The first-order chi connectivity index (χ1) is 15.4. The average Bonchev–Trinajstić information content (AvgIpc) is 3.11. The molecular weight excluding hydrogens is 400 g/mol. The number of carbonyl (C=O) groups is 1. The summed E-state index contributed by atoms with van der Waals surface area (Å²) in [6.07, 6.45) is -0.719. The first-order valence-electron chi connectivity index (χ1n) is 10.9. The second kappa shape index (κ2) is 8.83. The normalized spacial score (nSPS) is 12.0. The Bertz CT molecular complexity index is 1280. The number of carbonyl (C=O) groups excluding carboxylic acids is 1. The molecule has 4 rings (SSSR count). The molecule has 1 N–H and O–H groups in total. The third kappa shape index (κ3) is 4.21. The van der Waals surface area contributed by atoms with Crippen LogP contribution in [0, 0.1) is 20.8 Å². The molecule has 6 nitrogen and oxygen atoms in total. The number of amides is 1. The molecule has 0 saturated carbocycles. The number of aromatic nitrogens is 3. The zero-order valence-corrected chi connectivity index (χ0v) is 19.1. The van der Waals surface area contributed by atoms with Gasteiger partial charge in [-0.15, -0.1) is 0 Å². The van der Waals surface area contributed by atoms with Gasteiger partial charge in [-0.25, -0.2) is 4.68 Å². The number of fused-ring (bicyclic) bond motifs is 1. The van der Waals surface area contributed by atoms with Crippen molar-refractivity contribution in [3.8, 4) is 17.0 Å². The van der Waals surface area contributed by atoms with Crippen LogP contribution in [0.5, 0.6) is 5.88 Å². The Morgan fingerprint density at radius 3 is 2.53 bits per heavy atom. The number of rotatable bonds is 6. The average molecular weight is 429 g/mol. The van der Waals surface area contributed by atoms with E-state index in [2.05, 4.69) is 22.5 Å². The lowest BCUT2D eigenvalue weighted by atomic mass is 10.0. The molecule has 0 aliphatic rings. The second-order valence-corrected chi connectivity index (χ2v) is 8.04. The van der Waals surface area contributed by atoms with Gasteiger partial charge >= 0.3 is 0 Å². The van der Waals surface area contributed by atoms with E-state index in [0.717, 1.165) is 44.7 Å². The number of pyridine rings is 1. The maximum absolute atomic E-state index is 12.8. The maximum atomic E-state index is 12.8. The van der Waals surface area contributed by atoms with Gasteiger partial charge in [0.25, 0.3) is 5.91 Å². The van der Waals surface area contributed by atoms with E-state index in [-0.39, 0.29) is 5.91 Å². The summed E-state index contributed by atoms with van der Waals surface area (Å²) in [6.45, 7) is 10.4. The van der Waals surface area contributed by atoms with Gasteiger partial charge in [-0.05, 0) is 57.4 Å². The van der Waals surface area contributed by atoms with E-state index < -0.39 is 6.10 Å². The van der Waals surface area contributed by atoms with E-state index in [0.29, 0.717) is 12.4 Å². The number of nitrogens with one attached hydrogen (secondary N) is 1. The summed E-state index contributed by atoms with van der Waals surface area (Å²) < 4.78 is 7.89. The van der Waals surface area contributed by atoms with Crippen LogP contribution in [-0.4, -0.2) is 26.8 Å². The topological polar surface area (TPSA) is 69.0 Å². The van der Waals surface area contributed by atoms with Crippen molar-refractivity contribution < 1.29 is 9.53 Å². The van der Waals surface area contributed by atoms with Gasteiger partial charge in [0.05, 0.1) is 11.1 Å². The standard InChI is InChI=1S/C26H28N4O2/c1-6-30-25-24(18(4)29-30)21(20-10-8-7-9-11-20)15-23(28-25)32-19(5)26(31)27-22-13-12-16(2)14-17(22)3/h7-15,19H,6H2,1-5H3,(H,27,31)/t19-/m1/s1. The molecule has 0 spiro atoms. The SMILES string of the molecule is CCn1nc(C)c2c(-c3ccccc3)cc(O[C@H](C)C(=O)Nc3ccc(C)cc3C)nc21. The third-order valence-electron chi connectivity index (χ3n) is 5.54. The van der Waals surface area contributed by atoms with Gasteiger partial charge in [-0.1, -0.05) is 48.0 Å². The van der Waals surface area contributed by atoms with Crippen LogP contribution in [0.25, 0.3) is 22.2 Å². The molecule has 0 unspecified atom stereocenters. The van der Waals surface area contributed by atoms with E-state index in [1.54, 1.807) is 6.92 Å². The molecule has 32 heavy (non-hydrogen) atoms. The van der Waals surface area contributed by atoms with Crippen molar-refractivity contribution in [3.63, 3.8) is 0 Å². The van der Waals surface area contributed by atoms with Gasteiger partial charge in [0.15, 0.2) is 11.8 Å². The maximum Gasteiger partial charge on any atom is 0.265 e. The highest BCUT2D eigenvalue weighted by molar-refractivity contribution is 5.96. The molecule has 0 saturated heterocycles. The van der Waals surface area contributed by atoms with Crippen LogP contribution in [0.15, 0.2) is 54.6 Å². The molecule has 0 aliphatic heterocycles. The summed E-state index contributed by atoms with van der Waals surface area (Å²) >= 11 is 0. The number of aryl methyl sites for hydroxylation is 4. The summed E-state index contributed by atoms with van der Waals surface area (Å²) in [5.41, 5.74) is 6.66. The van der Waals surface area contributed by atoms with Gasteiger partial charge in [0.2, 0.25) is 5.88 Å². The fourth-order valence-electron chi connectivity index (χ4n) is 3.88. The number of ether oxygens (including phenoxy) is 1. The Morgan fingerprint density at radius 2 is 1.84 bits per heavy atom. The summed E-state index contributed by atoms with van der Waals surface area (Å²) in [6, 6.07) is 17.9. The highest BCUT2D eigenvalue weighted by atomic mass is 16.5. The van der Waals surface area contributed by atoms with Crippen molar-refractivity contribution >= 4 is 22.6 Å². The van der Waals surface area contributed by atoms with Gasteiger partial charge in [0, 0.05) is 18.3 Å². The largest absolute Gasteiger partial charge is 0.464 e. The fraction of sp³-hybridized carbons (Fsp3) is 0.269. The minimum absolute atomic E-state index is 0.222. The fourth-order valence-corrected chi connectivity index (χ4v) is 3.88. The Labute approximate surface area is 188 Å². The summed E-state index contributed by atoms with van der Waals surface area (Å²) in [5.74, 6) is 0.175. The van der Waals surface area contributed by atoms with Crippen LogP contribution < -0.4 is 10.1 Å². The highest BCUT2D eigenvalue weighted by Crippen LogP contribution is 2.33. The summed E-state index contributed by atoms with van der Waals surface area (Å²) in [4.78, 5) is 17.5. The van der Waals surface area contributed by atoms with Crippen molar-refractivity contribution in [2.24, 2.45) is 0 Å². The molecular formula is C26H28N4O2. The van der Waals surface area contributed by atoms with E-state index >= 15 is 0 Å². The zero-order valence-electron chi connectivity index (χ0n) is 19.1. The summed E-state index contributed by atoms with van der Waals surface area (Å²) in [5, 5.41) is 8.60. The molecule has 1 atom stereocenters. The van der Waals surface area contributed by atoms with Crippen molar-refractivity contribution in [3.05, 3.63) is 71.4 Å². The Morgan fingerprint density at radius 1 is 1.09 bits per heavy atom. The minimum Gasteiger partial charge on any atom is -0.464 e. The molecule has 0 aliphatic carbocycles. The molecule has 4 aromatic rings. The molecule has 0 radical (unpaired) electrons. The van der Waals surface area contributed by atoms with E-state index in [1.807, 2.05) is 74.8 Å². The second-order valence-electron chi connectivity index (χ2n) is 8.04. The molecule has 2 aromatic heterocycles. The first-order valence-corrected chi connectivity index (χ1v) is 10.9. The zero-order chi connectivity index (χ0) is 22.8. The lowest BCUT2D eigenvalue weighted by molar-refractivity contribution is -0.122. The minimum atomic E-state index is -0.719. The Hall–Kier alpha value is -3.67. The van der Waals surface area contributed by atoms with Crippen molar-refractivity contribution in [2.75, 3.05) is 5.32 Å². The van der Waals surface area contributed by atoms with Crippen molar-refractivity contribution in [1.82, 2.24) is 14.8 Å². The lowest BCUT2D eigenvalue weighted by Gasteiger charge is -2.16. The molecule has 2 aromatic carbocycles. The lowest BCUT2D eigenvalue weighted by Crippen LogP contribution is -2.30. The highest BCUT2D eigenvalue weighted by Gasteiger charge is 2.20. The van der Waals surface area contributed by atoms with E-state index in [9.17, 15) is 4.79 Å². The number of nitrogens with zero attached hydrogens (tertiary/aromatic N) is 3. The number of benzene rings is 2. The van der Waals surface area contributed by atoms with Crippen LogP contribution in [0.2, 0.25) is 0 Å². The van der Waals surface area contributed by atoms with Crippen molar-refractivity contribution in [1.29, 1.82) is 0 Å². The Kier molecular flexibility index (Phi) is 5.95. The Balaban J connectivity index is 1.67. The number of hydrogen-bond donors (Lipinski definition) is 1. The van der Waals surface area contributed by atoms with Crippen LogP contribution in [0.3, 0.4) is 0 Å². The summed E-state index contributed by atoms with van der Waals surface area (Å²) in [7, 11) is 0. The van der Waals surface area contributed by atoms with Gasteiger partial charge in [-0.3, -0.25) is 4.79 Å². The van der Waals surface area contributed by atoms with Crippen molar-refractivity contribution in [2.45, 2.75) is 47.3 Å². The monoisotopic (exact) mass is 428 g/mol. The smallest absolute Gasteiger partial charge is 0.265 e. The quantitative estimate of drug-likeness (QED) is 0.443. The molecule has 0 fully saturated rings. The first kappa shape index (κ1) is 21.6. The van der Waals surface area contributed by atoms with Crippen LogP contribution >= 0.6 is 0 Å². The van der Waals surface area contributed by atoms with Crippen LogP contribution in [0.4, 0.5) is 5.69 Å². The van der Waals surface area contributed by atoms with E-state index in [1.165, 1.54) is 0 Å².